The number of imide groups is 1. The van der Waals surface area contributed by atoms with Gasteiger partial charge < -0.3 is 10.5 Å². The van der Waals surface area contributed by atoms with Crippen LogP contribution in [0.4, 0.5) is 0 Å². The number of carbonyl (C=O) groups is 4. The summed E-state index contributed by atoms with van der Waals surface area (Å²) in [6.07, 6.45) is 4.75. The predicted molar refractivity (Wildman–Crippen MR) is 66.8 cm³/mol. The third-order valence-corrected chi connectivity index (χ3v) is 3.63. The molecule has 1 fully saturated rings. The van der Waals surface area contributed by atoms with Crippen molar-refractivity contribution < 1.29 is 23.9 Å². The first kappa shape index (κ1) is 14.2. The fourth-order valence-corrected chi connectivity index (χ4v) is 2.58. The molecule has 3 atom stereocenters. The zero-order chi connectivity index (χ0) is 14.9. The molecule has 0 aromatic carbocycles. The van der Waals surface area contributed by atoms with Gasteiger partial charge in [-0.3, -0.25) is 19.3 Å². The van der Waals surface area contributed by atoms with Crippen LogP contribution in [0.1, 0.15) is 19.8 Å². The molecule has 0 radical (unpaired) electrons. The second kappa shape index (κ2) is 5.44. The van der Waals surface area contributed by atoms with E-state index in [4.69, 9.17) is 5.73 Å². The molecule has 0 saturated carbocycles. The third-order valence-electron chi connectivity index (χ3n) is 3.63. The lowest BCUT2D eigenvalue weighted by atomic mass is 9.85. The van der Waals surface area contributed by atoms with Crippen LogP contribution in [0.2, 0.25) is 0 Å². The molecule has 2 rings (SSSR count). The van der Waals surface area contributed by atoms with Crippen molar-refractivity contribution in [2.75, 3.05) is 6.61 Å². The number of rotatable bonds is 4. The average molecular weight is 280 g/mol. The fraction of sp³-hybridized carbons (Fsp3) is 0.538. The summed E-state index contributed by atoms with van der Waals surface area (Å²) in [5, 5.41) is 0. The summed E-state index contributed by atoms with van der Waals surface area (Å²) in [4.78, 5) is 47.7. The maximum atomic E-state index is 12.2. The Labute approximate surface area is 115 Å². The van der Waals surface area contributed by atoms with Gasteiger partial charge in [0.15, 0.2) is 6.61 Å². The molecular weight excluding hydrogens is 264 g/mol. The molecule has 1 aliphatic heterocycles. The monoisotopic (exact) mass is 280 g/mol. The van der Waals surface area contributed by atoms with E-state index in [0.717, 1.165) is 4.90 Å². The molecular formula is C13H16N2O5. The number of primary amides is 1. The fourth-order valence-electron chi connectivity index (χ4n) is 2.58. The van der Waals surface area contributed by atoms with Crippen LogP contribution < -0.4 is 5.73 Å². The van der Waals surface area contributed by atoms with Crippen LogP contribution in [0.25, 0.3) is 0 Å². The summed E-state index contributed by atoms with van der Waals surface area (Å²) >= 11 is 0. The van der Waals surface area contributed by atoms with Crippen LogP contribution in [0.15, 0.2) is 12.2 Å². The van der Waals surface area contributed by atoms with E-state index in [-0.39, 0.29) is 23.7 Å². The van der Waals surface area contributed by atoms with Gasteiger partial charge in [-0.2, -0.15) is 0 Å². The molecule has 7 nitrogen and oxygen atoms in total. The number of hydrogen-bond donors (Lipinski definition) is 1. The molecule has 0 aromatic heterocycles. The SMILES string of the molecule is C[C@@H](C(=O)OCC(N)=O)N1C(=O)[C@H]2CC=CC[C@@H]2C1=O. The Hall–Kier alpha value is -2.18. The second-order valence-electron chi connectivity index (χ2n) is 4.95. The van der Waals surface area contributed by atoms with Crippen molar-refractivity contribution in [1.82, 2.24) is 4.90 Å². The number of allylic oxidation sites excluding steroid dienone is 2. The van der Waals surface area contributed by atoms with Gasteiger partial charge in [0.1, 0.15) is 6.04 Å². The standard InChI is InChI=1S/C13H16N2O5/c1-7(13(19)20-6-10(14)16)15-11(17)8-4-2-3-5-9(8)12(15)18/h2-3,7-9H,4-6H2,1H3,(H2,14,16)/t7-,8-,9-/m0/s1. The topological polar surface area (TPSA) is 107 Å². The van der Waals surface area contributed by atoms with Gasteiger partial charge in [-0.1, -0.05) is 12.2 Å². The minimum atomic E-state index is -1.04. The molecule has 0 spiro atoms. The number of carbonyl (C=O) groups excluding carboxylic acids is 4. The van der Waals surface area contributed by atoms with Gasteiger partial charge in [-0.05, 0) is 19.8 Å². The van der Waals surface area contributed by atoms with Gasteiger partial charge in [-0.25, -0.2) is 4.79 Å². The van der Waals surface area contributed by atoms with E-state index >= 15 is 0 Å². The molecule has 2 aliphatic rings. The van der Waals surface area contributed by atoms with Crippen molar-refractivity contribution in [3.05, 3.63) is 12.2 Å². The first-order valence-corrected chi connectivity index (χ1v) is 6.40. The van der Waals surface area contributed by atoms with E-state index in [1.54, 1.807) is 0 Å². The van der Waals surface area contributed by atoms with E-state index < -0.39 is 24.5 Å². The highest BCUT2D eigenvalue weighted by Gasteiger charge is 2.50. The molecule has 1 saturated heterocycles. The number of esters is 1. The van der Waals surface area contributed by atoms with Crippen LogP contribution in [0.5, 0.6) is 0 Å². The maximum Gasteiger partial charge on any atom is 0.329 e. The second-order valence-corrected chi connectivity index (χ2v) is 4.95. The number of nitrogens with two attached hydrogens (primary N) is 1. The van der Waals surface area contributed by atoms with Gasteiger partial charge in [0.2, 0.25) is 11.8 Å². The predicted octanol–water partition coefficient (Wildman–Crippen LogP) is -0.645. The summed E-state index contributed by atoms with van der Waals surface area (Å²) in [7, 11) is 0. The summed E-state index contributed by atoms with van der Waals surface area (Å²) in [6.45, 7) is 0.845. The lowest BCUT2D eigenvalue weighted by Gasteiger charge is -2.21. The van der Waals surface area contributed by atoms with E-state index in [1.807, 2.05) is 12.2 Å². The minimum Gasteiger partial charge on any atom is -0.454 e. The minimum absolute atomic E-state index is 0.354. The molecule has 1 heterocycles. The zero-order valence-electron chi connectivity index (χ0n) is 11.1. The number of amides is 3. The molecule has 3 amide bonds. The van der Waals surface area contributed by atoms with E-state index in [2.05, 4.69) is 4.74 Å². The van der Waals surface area contributed by atoms with Crippen LogP contribution in [-0.4, -0.2) is 41.2 Å². The molecule has 0 aromatic rings. The Morgan fingerprint density at radius 1 is 1.30 bits per heavy atom. The van der Waals surface area contributed by atoms with Crippen molar-refractivity contribution in [3.8, 4) is 0 Å². The zero-order valence-corrected chi connectivity index (χ0v) is 11.1. The van der Waals surface area contributed by atoms with Crippen LogP contribution >= 0.6 is 0 Å². The summed E-state index contributed by atoms with van der Waals surface area (Å²) < 4.78 is 4.65. The molecule has 1 aliphatic carbocycles. The number of likely N-dealkylation sites (tertiary alicyclic amines) is 1. The molecule has 7 heteroatoms. The summed E-state index contributed by atoms with van der Waals surface area (Å²) in [6, 6.07) is -1.04. The number of nitrogens with zero attached hydrogens (tertiary/aromatic N) is 1. The Morgan fingerprint density at radius 2 is 1.80 bits per heavy atom. The number of hydrogen-bond acceptors (Lipinski definition) is 5. The molecule has 108 valence electrons. The largest absolute Gasteiger partial charge is 0.454 e. The Balaban J connectivity index is 2.08. The third kappa shape index (κ3) is 2.43. The highest BCUT2D eigenvalue weighted by Crippen LogP contribution is 2.36. The van der Waals surface area contributed by atoms with Gasteiger partial charge in [0.25, 0.3) is 5.91 Å². The van der Waals surface area contributed by atoms with Crippen LogP contribution in [0, 0.1) is 11.8 Å². The van der Waals surface area contributed by atoms with Crippen molar-refractivity contribution in [2.45, 2.75) is 25.8 Å². The number of fused-ring (bicyclic) bond motifs is 1. The van der Waals surface area contributed by atoms with Gasteiger partial charge in [0, 0.05) is 0 Å². The van der Waals surface area contributed by atoms with Crippen LogP contribution in [-0.2, 0) is 23.9 Å². The normalized spacial score (nSPS) is 26.4. The van der Waals surface area contributed by atoms with Gasteiger partial charge >= 0.3 is 5.97 Å². The van der Waals surface area contributed by atoms with Crippen LogP contribution in [0.3, 0.4) is 0 Å². The Kier molecular flexibility index (Phi) is 3.87. The van der Waals surface area contributed by atoms with Gasteiger partial charge in [0.05, 0.1) is 11.8 Å². The molecule has 20 heavy (non-hydrogen) atoms. The average Bonchev–Trinajstić information content (AvgIpc) is 2.68. The quantitative estimate of drug-likeness (QED) is 0.418. The van der Waals surface area contributed by atoms with Crippen molar-refractivity contribution >= 4 is 23.7 Å². The lowest BCUT2D eigenvalue weighted by molar-refractivity contribution is -0.159. The summed E-state index contributed by atoms with van der Waals surface area (Å²) in [5.74, 6) is -3.09. The highest BCUT2D eigenvalue weighted by atomic mass is 16.5. The lowest BCUT2D eigenvalue weighted by Crippen LogP contribution is -2.45. The first-order chi connectivity index (χ1) is 9.43. The van der Waals surface area contributed by atoms with Crippen molar-refractivity contribution in [1.29, 1.82) is 0 Å². The molecule has 0 bridgehead atoms. The Morgan fingerprint density at radius 3 is 2.25 bits per heavy atom. The molecule has 0 unspecified atom stereocenters. The van der Waals surface area contributed by atoms with E-state index in [9.17, 15) is 19.2 Å². The molecule has 2 N–H and O–H groups in total. The van der Waals surface area contributed by atoms with Gasteiger partial charge in [-0.15, -0.1) is 0 Å². The maximum absolute atomic E-state index is 12.2. The first-order valence-electron chi connectivity index (χ1n) is 6.40. The van der Waals surface area contributed by atoms with E-state index in [0.29, 0.717) is 12.8 Å². The van der Waals surface area contributed by atoms with Crippen molar-refractivity contribution in [2.24, 2.45) is 17.6 Å². The number of ether oxygens (including phenoxy) is 1. The van der Waals surface area contributed by atoms with E-state index in [1.165, 1.54) is 6.92 Å². The summed E-state index contributed by atoms with van der Waals surface area (Å²) in [5.41, 5.74) is 4.87. The smallest absolute Gasteiger partial charge is 0.329 e. The highest BCUT2D eigenvalue weighted by molar-refractivity contribution is 6.08. The Bertz CT molecular complexity index is 473. The van der Waals surface area contributed by atoms with Crippen molar-refractivity contribution in [3.63, 3.8) is 0 Å².